The average molecular weight is 413 g/mol. The Hall–Kier alpha value is -3.35. The number of aryl methyl sites for hydroxylation is 1. The van der Waals surface area contributed by atoms with Gasteiger partial charge in [-0.15, -0.1) is 0 Å². The highest BCUT2D eigenvalue weighted by Crippen LogP contribution is 2.41. The maximum absolute atomic E-state index is 13.7. The summed E-state index contributed by atoms with van der Waals surface area (Å²) >= 11 is 0. The first-order valence-electron chi connectivity index (χ1n) is 9.80. The van der Waals surface area contributed by atoms with Crippen LogP contribution in [-0.4, -0.2) is 40.0 Å². The number of nitrogens with zero attached hydrogens (tertiary/aromatic N) is 1. The Morgan fingerprint density at radius 3 is 2.53 bits per heavy atom. The zero-order valence-electron chi connectivity index (χ0n) is 17.1. The minimum atomic E-state index is -0.852. The molecule has 0 bridgehead atoms. The fraction of sp³-hybridized carbons (Fsp3) is 0.304. The van der Waals surface area contributed by atoms with E-state index in [4.69, 9.17) is 4.74 Å². The number of ketones is 1. The van der Waals surface area contributed by atoms with Crippen molar-refractivity contribution in [2.24, 2.45) is 0 Å². The smallest absolute Gasteiger partial charge is 0.295 e. The second kappa shape index (κ2) is 8.57. The maximum atomic E-state index is 13.7. The number of hydrogen-bond donors (Lipinski definition) is 2. The van der Waals surface area contributed by atoms with Crippen LogP contribution in [0.15, 0.2) is 42.0 Å². The first-order valence-corrected chi connectivity index (χ1v) is 9.80. The number of likely N-dealkylation sites (tertiary alicyclic amines) is 1. The normalized spacial score (nSPS) is 18.1. The van der Waals surface area contributed by atoms with Crippen LogP contribution in [0.25, 0.3) is 5.76 Å². The van der Waals surface area contributed by atoms with Crippen molar-refractivity contribution in [1.82, 2.24) is 4.90 Å². The summed E-state index contributed by atoms with van der Waals surface area (Å²) in [5, 5.41) is 21.0. The van der Waals surface area contributed by atoms with Gasteiger partial charge in [-0.05, 0) is 61.7 Å². The molecule has 0 spiro atoms. The fourth-order valence-corrected chi connectivity index (χ4v) is 3.62. The number of ether oxygens (including phenoxy) is 1. The van der Waals surface area contributed by atoms with Gasteiger partial charge in [0, 0.05) is 12.1 Å². The number of aliphatic hydroxyl groups excluding tert-OH is 1. The number of aromatic hydroxyl groups is 1. The van der Waals surface area contributed by atoms with Crippen LogP contribution in [0.4, 0.5) is 4.39 Å². The minimum Gasteiger partial charge on any atom is -0.507 e. The van der Waals surface area contributed by atoms with Gasteiger partial charge in [0.25, 0.3) is 11.7 Å². The third kappa shape index (κ3) is 3.75. The van der Waals surface area contributed by atoms with Gasteiger partial charge in [0.15, 0.2) is 11.5 Å². The average Bonchev–Trinajstić information content (AvgIpc) is 2.96. The van der Waals surface area contributed by atoms with Gasteiger partial charge in [-0.25, -0.2) is 4.39 Å². The number of rotatable bonds is 6. The lowest BCUT2D eigenvalue weighted by Crippen LogP contribution is -2.30. The van der Waals surface area contributed by atoms with Crippen molar-refractivity contribution >= 4 is 17.4 Å². The van der Waals surface area contributed by atoms with Gasteiger partial charge in [-0.3, -0.25) is 9.59 Å². The van der Waals surface area contributed by atoms with E-state index in [-0.39, 0.29) is 28.4 Å². The van der Waals surface area contributed by atoms with E-state index in [9.17, 15) is 24.2 Å². The zero-order chi connectivity index (χ0) is 22.0. The molecular formula is C23H24FNO5. The van der Waals surface area contributed by atoms with Crippen LogP contribution in [-0.2, 0) is 9.59 Å². The van der Waals surface area contributed by atoms with Crippen LogP contribution < -0.4 is 4.74 Å². The molecule has 1 heterocycles. The topological polar surface area (TPSA) is 87.1 Å². The lowest BCUT2D eigenvalue weighted by molar-refractivity contribution is -0.139. The van der Waals surface area contributed by atoms with Crippen LogP contribution in [0.1, 0.15) is 43.0 Å². The highest BCUT2D eigenvalue weighted by Gasteiger charge is 2.45. The van der Waals surface area contributed by atoms with Crippen LogP contribution in [0.5, 0.6) is 11.5 Å². The summed E-state index contributed by atoms with van der Waals surface area (Å²) in [5.41, 5.74) is 0.996. The molecule has 2 aromatic rings. The minimum absolute atomic E-state index is 0.0674. The molecule has 1 saturated heterocycles. The number of phenols is 1. The molecule has 6 nitrogen and oxygen atoms in total. The summed E-state index contributed by atoms with van der Waals surface area (Å²) in [6.07, 6.45) is 0.607. The van der Waals surface area contributed by atoms with Gasteiger partial charge >= 0.3 is 0 Å². The number of aliphatic hydroxyl groups is 1. The van der Waals surface area contributed by atoms with Gasteiger partial charge in [0.05, 0.1) is 18.2 Å². The Morgan fingerprint density at radius 2 is 1.90 bits per heavy atom. The van der Waals surface area contributed by atoms with E-state index >= 15 is 0 Å². The molecule has 7 heteroatoms. The largest absolute Gasteiger partial charge is 0.507 e. The molecule has 0 saturated carbocycles. The molecule has 30 heavy (non-hydrogen) atoms. The number of carbonyl (C=O) groups is 2. The standard InChI is InChI=1S/C23H24FNO5/c1-4-10-25-20(14-7-9-17(26)18(12-14)30-5-2)19(22(28)23(25)29)21(27)15-6-8-16(24)13(3)11-15/h6-9,11-12,20,26-27H,4-5,10H2,1-3H3/b21-19-. The van der Waals surface area contributed by atoms with E-state index in [2.05, 4.69) is 0 Å². The molecule has 3 rings (SSSR count). The number of carbonyl (C=O) groups excluding carboxylic acids is 2. The summed E-state index contributed by atoms with van der Waals surface area (Å²) in [6, 6.07) is 7.71. The van der Waals surface area contributed by atoms with Gasteiger partial charge in [-0.1, -0.05) is 13.0 Å². The van der Waals surface area contributed by atoms with Gasteiger partial charge in [-0.2, -0.15) is 0 Å². The number of halogens is 1. The van der Waals surface area contributed by atoms with E-state index in [0.29, 0.717) is 30.7 Å². The highest BCUT2D eigenvalue weighted by molar-refractivity contribution is 6.46. The first-order chi connectivity index (χ1) is 14.3. The predicted molar refractivity (Wildman–Crippen MR) is 110 cm³/mol. The summed E-state index contributed by atoms with van der Waals surface area (Å²) in [4.78, 5) is 27.0. The van der Waals surface area contributed by atoms with Crippen molar-refractivity contribution in [3.05, 3.63) is 64.5 Å². The van der Waals surface area contributed by atoms with E-state index in [1.807, 2.05) is 6.92 Å². The molecule has 1 unspecified atom stereocenters. The molecule has 1 amide bonds. The Labute approximate surface area is 174 Å². The number of Topliss-reactive ketones (excluding diaryl/α,β-unsaturated/α-hetero) is 1. The molecule has 1 fully saturated rings. The summed E-state index contributed by atoms with van der Waals surface area (Å²) in [7, 11) is 0. The Morgan fingerprint density at radius 1 is 1.17 bits per heavy atom. The van der Waals surface area contributed by atoms with E-state index in [0.717, 1.165) is 0 Å². The van der Waals surface area contributed by atoms with Crippen LogP contribution >= 0.6 is 0 Å². The summed E-state index contributed by atoms with van der Waals surface area (Å²) in [6.45, 7) is 5.82. The molecule has 0 aliphatic carbocycles. The van der Waals surface area contributed by atoms with E-state index in [1.165, 1.54) is 29.2 Å². The molecule has 2 aromatic carbocycles. The summed E-state index contributed by atoms with van der Waals surface area (Å²) in [5.74, 6) is -2.18. The van der Waals surface area contributed by atoms with Gasteiger partial charge in [0.1, 0.15) is 11.6 Å². The predicted octanol–water partition coefficient (Wildman–Crippen LogP) is 4.07. The van der Waals surface area contributed by atoms with Crippen molar-refractivity contribution in [2.45, 2.75) is 33.2 Å². The number of benzene rings is 2. The van der Waals surface area contributed by atoms with Crippen molar-refractivity contribution in [3.8, 4) is 11.5 Å². The van der Waals surface area contributed by atoms with Crippen molar-refractivity contribution in [3.63, 3.8) is 0 Å². The second-order valence-electron chi connectivity index (χ2n) is 7.12. The number of hydrogen-bond acceptors (Lipinski definition) is 5. The third-order valence-corrected chi connectivity index (χ3v) is 5.04. The van der Waals surface area contributed by atoms with Gasteiger partial charge in [0.2, 0.25) is 0 Å². The molecule has 158 valence electrons. The van der Waals surface area contributed by atoms with Crippen LogP contribution in [0.2, 0.25) is 0 Å². The lowest BCUT2D eigenvalue weighted by Gasteiger charge is -2.25. The van der Waals surface area contributed by atoms with Crippen molar-refractivity contribution in [1.29, 1.82) is 0 Å². The SMILES string of the molecule is CCCN1C(=O)C(=O)/C(=C(\O)c2ccc(F)c(C)c2)C1c1ccc(O)c(OCC)c1. The quantitative estimate of drug-likeness (QED) is 0.424. The molecule has 2 N–H and O–H groups in total. The summed E-state index contributed by atoms with van der Waals surface area (Å²) < 4.78 is 19.1. The Bertz CT molecular complexity index is 1030. The maximum Gasteiger partial charge on any atom is 0.295 e. The Balaban J connectivity index is 2.21. The van der Waals surface area contributed by atoms with Crippen LogP contribution in [0.3, 0.4) is 0 Å². The third-order valence-electron chi connectivity index (χ3n) is 5.04. The molecule has 0 aromatic heterocycles. The fourth-order valence-electron chi connectivity index (χ4n) is 3.62. The molecular weight excluding hydrogens is 389 g/mol. The molecule has 1 aliphatic heterocycles. The van der Waals surface area contributed by atoms with Crippen molar-refractivity contribution < 1.29 is 28.9 Å². The Kier molecular flexibility index (Phi) is 6.10. The van der Waals surface area contributed by atoms with E-state index in [1.54, 1.807) is 26.0 Å². The van der Waals surface area contributed by atoms with E-state index < -0.39 is 23.5 Å². The molecule has 1 atom stereocenters. The molecule has 0 radical (unpaired) electrons. The first kappa shape index (κ1) is 21.4. The zero-order valence-corrected chi connectivity index (χ0v) is 17.1. The highest BCUT2D eigenvalue weighted by atomic mass is 19.1. The monoisotopic (exact) mass is 413 g/mol. The lowest BCUT2D eigenvalue weighted by atomic mass is 9.94. The number of phenolic OH excluding ortho intramolecular Hbond substituents is 1. The number of amides is 1. The van der Waals surface area contributed by atoms with Crippen LogP contribution in [0, 0.1) is 12.7 Å². The van der Waals surface area contributed by atoms with Crippen molar-refractivity contribution in [2.75, 3.05) is 13.2 Å². The molecule has 1 aliphatic rings. The van der Waals surface area contributed by atoms with Gasteiger partial charge < -0.3 is 19.8 Å². The second-order valence-corrected chi connectivity index (χ2v) is 7.12.